The SMILES string of the molecule is C=CCNC(=O)c1cc(Br)c(OCCC)c(OC)c1. The van der Waals surface area contributed by atoms with Crippen molar-refractivity contribution in [3.63, 3.8) is 0 Å². The van der Waals surface area contributed by atoms with Crippen molar-refractivity contribution in [1.82, 2.24) is 5.32 Å². The summed E-state index contributed by atoms with van der Waals surface area (Å²) >= 11 is 3.40. The van der Waals surface area contributed by atoms with Crippen molar-refractivity contribution in [2.45, 2.75) is 13.3 Å². The summed E-state index contributed by atoms with van der Waals surface area (Å²) in [5, 5.41) is 2.72. The van der Waals surface area contributed by atoms with Gasteiger partial charge in [0.15, 0.2) is 11.5 Å². The Bertz CT molecular complexity index is 460. The Hall–Kier alpha value is -1.49. The third-order valence-corrected chi connectivity index (χ3v) is 2.94. The molecule has 0 saturated heterocycles. The van der Waals surface area contributed by atoms with Crippen LogP contribution in [0.4, 0.5) is 0 Å². The number of nitrogens with one attached hydrogen (secondary N) is 1. The lowest BCUT2D eigenvalue weighted by atomic mass is 10.2. The summed E-state index contributed by atoms with van der Waals surface area (Å²) in [5.74, 6) is 0.970. The van der Waals surface area contributed by atoms with Crippen molar-refractivity contribution in [1.29, 1.82) is 0 Å². The number of benzene rings is 1. The van der Waals surface area contributed by atoms with Crippen LogP contribution in [0.25, 0.3) is 0 Å². The second-order valence-electron chi connectivity index (χ2n) is 3.84. The van der Waals surface area contributed by atoms with Crippen LogP contribution in [0.2, 0.25) is 0 Å². The van der Waals surface area contributed by atoms with Crippen LogP contribution in [0.15, 0.2) is 29.3 Å². The molecule has 0 atom stereocenters. The molecule has 19 heavy (non-hydrogen) atoms. The number of hydrogen-bond donors (Lipinski definition) is 1. The van der Waals surface area contributed by atoms with E-state index in [2.05, 4.69) is 27.8 Å². The standard InChI is InChI=1S/C14H18BrNO3/c1-4-6-16-14(17)10-8-11(15)13(19-7-5-2)12(9-10)18-3/h4,8-9H,1,5-7H2,2-3H3,(H,16,17). The van der Waals surface area contributed by atoms with Gasteiger partial charge in [0, 0.05) is 12.1 Å². The number of carbonyl (C=O) groups excluding carboxylic acids is 1. The Balaban J connectivity index is 3.01. The number of carbonyl (C=O) groups is 1. The quantitative estimate of drug-likeness (QED) is 0.782. The zero-order valence-electron chi connectivity index (χ0n) is 11.2. The van der Waals surface area contributed by atoms with Crippen LogP contribution in [0.1, 0.15) is 23.7 Å². The second kappa shape index (κ2) is 7.84. The number of rotatable bonds is 7. The number of halogens is 1. The maximum Gasteiger partial charge on any atom is 0.251 e. The largest absolute Gasteiger partial charge is 0.493 e. The molecule has 1 aromatic carbocycles. The van der Waals surface area contributed by atoms with Gasteiger partial charge in [-0.3, -0.25) is 4.79 Å². The summed E-state index contributed by atoms with van der Waals surface area (Å²) in [6.07, 6.45) is 2.53. The van der Waals surface area contributed by atoms with E-state index < -0.39 is 0 Å². The van der Waals surface area contributed by atoms with Crippen LogP contribution in [0.5, 0.6) is 11.5 Å². The molecular formula is C14H18BrNO3. The van der Waals surface area contributed by atoms with Gasteiger partial charge in [0.2, 0.25) is 0 Å². The van der Waals surface area contributed by atoms with Crippen LogP contribution in [-0.2, 0) is 0 Å². The second-order valence-corrected chi connectivity index (χ2v) is 4.69. The lowest BCUT2D eigenvalue weighted by molar-refractivity contribution is 0.0957. The molecule has 0 saturated carbocycles. The molecule has 0 radical (unpaired) electrons. The molecule has 1 aromatic rings. The smallest absolute Gasteiger partial charge is 0.251 e. The summed E-state index contributed by atoms with van der Waals surface area (Å²) in [7, 11) is 1.55. The highest BCUT2D eigenvalue weighted by atomic mass is 79.9. The Labute approximate surface area is 121 Å². The first kappa shape index (κ1) is 15.6. The summed E-state index contributed by atoms with van der Waals surface area (Å²) in [6, 6.07) is 3.38. The maximum atomic E-state index is 11.9. The predicted octanol–water partition coefficient (Wildman–Crippen LogP) is 3.16. The van der Waals surface area contributed by atoms with Crippen molar-refractivity contribution in [3.8, 4) is 11.5 Å². The van der Waals surface area contributed by atoms with Crippen molar-refractivity contribution >= 4 is 21.8 Å². The molecule has 1 rings (SSSR count). The number of methoxy groups -OCH3 is 1. The molecule has 1 N–H and O–H groups in total. The van der Waals surface area contributed by atoms with Gasteiger partial charge in [-0.25, -0.2) is 0 Å². The lowest BCUT2D eigenvalue weighted by Gasteiger charge is -2.13. The van der Waals surface area contributed by atoms with Crippen LogP contribution in [0, 0.1) is 0 Å². The lowest BCUT2D eigenvalue weighted by Crippen LogP contribution is -2.23. The van der Waals surface area contributed by atoms with E-state index in [1.165, 1.54) is 0 Å². The Morgan fingerprint density at radius 1 is 1.53 bits per heavy atom. The van der Waals surface area contributed by atoms with Gasteiger partial charge < -0.3 is 14.8 Å². The van der Waals surface area contributed by atoms with Gasteiger partial charge in [0.05, 0.1) is 18.2 Å². The third-order valence-electron chi connectivity index (χ3n) is 2.35. The highest BCUT2D eigenvalue weighted by molar-refractivity contribution is 9.10. The third kappa shape index (κ3) is 4.28. The molecule has 0 aliphatic heterocycles. The summed E-state index contributed by atoms with van der Waals surface area (Å²) in [5.41, 5.74) is 0.509. The van der Waals surface area contributed by atoms with E-state index in [-0.39, 0.29) is 5.91 Å². The van der Waals surface area contributed by atoms with Gasteiger partial charge in [0.25, 0.3) is 5.91 Å². The van der Waals surface area contributed by atoms with Gasteiger partial charge in [-0.15, -0.1) is 6.58 Å². The molecule has 1 amide bonds. The minimum atomic E-state index is -0.180. The van der Waals surface area contributed by atoms with E-state index in [4.69, 9.17) is 9.47 Å². The van der Waals surface area contributed by atoms with Crippen molar-refractivity contribution in [2.24, 2.45) is 0 Å². The average Bonchev–Trinajstić information content (AvgIpc) is 2.42. The molecule has 0 fully saturated rings. The summed E-state index contributed by atoms with van der Waals surface area (Å²) in [6.45, 7) is 6.60. The molecule has 0 unspecified atom stereocenters. The first-order valence-corrected chi connectivity index (χ1v) is 6.82. The zero-order chi connectivity index (χ0) is 14.3. The highest BCUT2D eigenvalue weighted by Crippen LogP contribution is 2.36. The van der Waals surface area contributed by atoms with Gasteiger partial charge in [-0.2, -0.15) is 0 Å². The van der Waals surface area contributed by atoms with Crippen LogP contribution in [-0.4, -0.2) is 26.2 Å². The first-order valence-electron chi connectivity index (χ1n) is 6.03. The molecule has 104 valence electrons. The van der Waals surface area contributed by atoms with Gasteiger partial charge in [-0.05, 0) is 34.5 Å². The topological polar surface area (TPSA) is 47.6 Å². The van der Waals surface area contributed by atoms with E-state index >= 15 is 0 Å². The van der Waals surface area contributed by atoms with Gasteiger partial charge in [-0.1, -0.05) is 13.0 Å². The first-order chi connectivity index (χ1) is 9.13. The molecule has 0 spiro atoms. The molecule has 0 bridgehead atoms. The summed E-state index contributed by atoms with van der Waals surface area (Å²) < 4.78 is 11.6. The Morgan fingerprint density at radius 2 is 2.26 bits per heavy atom. The Morgan fingerprint density at radius 3 is 2.84 bits per heavy atom. The molecular weight excluding hydrogens is 310 g/mol. The molecule has 0 aromatic heterocycles. The molecule has 4 nitrogen and oxygen atoms in total. The van der Waals surface area contributed by atoms with Crippen LogP contribution >= 0.6 is 15.9 Å². The van der Waals surface area contributed by atoms with Crippen molar-refractivity contribution in [3.05, 3.63) is 34.8 Å². The van der Waals surface area contributed by atoms with E-state index in [1.54, 1.807) is 25.3 Å². The fourth-order valence-corrected chi connectivity index (χ4v) is 2.02. The minimum absolute atomic E-state index is 0.180. The fraction of sp³-hybridized carbons (Fsp3) is 0.357. The van der Waals surface area contributed by atoms with Crippen molar-refractivity contribution in [2.75, 3.05) is 20.3 Å². The molecule has 0 heterocycles. The van der Waals surface area contributed by atoms with E-state index in [9.17, 15) is 4.79 Å². The van der Waals surface area contributed by atoms with Crippen molar-refractivity contribution < 1.29 is 14.3 Å². The van der Waals surface area contributed by atoms with Crippen LogP contribution < -0.4 is 14.8 Å². The molecule has 0 aliphatic carbocycles. The number of hydrogen-bond acceptors (Lipinski definition) is 3. The van der Waals surface area contributed by atoms with Gasteiger partial charge in [0.1, 0.15) is 0 Å². The Kier molecular flexibility index (Phi) is 6.42. The zero-order valence-corrected chi connectivity index (χ0v) is 12.7. The number of ether oxygens (including phenoxy) is 2. The minimum Gasteiger partial charge on any atom is -0.493 e. The number of amides is 1. The molecule has 5 heteroatoms. The van der Waals surface area contributed by atoms with E-state index in [1.807, 2.05) is 6.92 Å². The summed E-state index contributed by atoms with van der Waals surface area (Å²) in [4.78, 5) is 11.9. The normalized spacial score (nSPS) is 9.84. The maximum absolute atomic E-state index is 11.9. The average molecular weight is 328 g/mol. The highest BCUT2D eigenvalue weighted by Gasteiger charge is 2.15. The van der Waals surface area contributed by atoms with Crippen LogP contribution in [0.3, 0.4) is 0 Å². The monoisotopic (exact) mass is 327 g/mol. The molecule has 0 aliphatic rings. The fourth-order valence-electron chi connectivity index (χ4n) is 1.46. The predicted molar refractivity (Wildman–Crippen MR) is 79.0 cm³/mol. The van der Waals surface area contributed by atoms with Gasteiger partial charge >= 0.3 is 0 Å². The van der Waals surface area contributed by atoms with E-state index in [0.717, 1.165) is 6.42 Å². The van der Waals surface area contributed by atoms with E-state index in [0.29, 0.717) is 34.7 Å².